The van der Waals surface area contributed by atoms with Crippen LogP contribution in [0.3, 0.4) is 0 Å². The largest absolute Gasteiger partial charge is 0.497 e. The molecule has 0 spiro atoms. The zero-order valence-corrected chi connectivity index (χ0v) is 13.4. The highest BCUT2D eigenvalue weighted by atomic mass is 19.1. The number of hydrogen-bond acceptors (Lipinski definition) is 4. The van der Waals surface area contributed by atoms with E-state index in [-0.39, 0.29) is 0 Å². The van der Waals surface area contributed by atoms with E-state index < -0.39 is 5.95 Å². The molecule has 0 atom stereocenters. The molecule has 0 aliphatic heterocycles. The van der Waals surface area contributed by atoms with E-state index in [9.17, 15) is 4.39 Å². The second-order valence-corrected chi connectivity index (χ2v) is 5.62. The summed E-state index contributed by atoms with van der Waals surface area (Å²) in [6.45, 7) is 3.16. The third kappa shape index (κ3) is 2.29. The molecule has 3 heterocycles. The van der Waals surface area contributed by atoms with Gasteiger partial charge in [0.15, 0.2) is 0 Å². The topological polar surface area (TPSA) is 57.8 Å². The Morgan fingerprint density at radius 1 is 1.17 bits per heavy atom. The zero-order valence-electron chi connectivity index (χ0n) is 13.4. The maximum Gasteiger partial charge on any atom is 0.213 e. The number of hydrogen-bond donors (Lipinski definition) is 0. The molecule has 24 heavy (non-hydrogen) atoms. The van der Waals surface area contributed by atoms with Crippen molar-refractivity contribution >= 4 is 21.8 Å². The molecule has 0 fully saturated rings. The molecule has 3 aromatic heterocycles. The number of nitrogens with zero attached hydrogens (tertiary/aromatic N) is 5. The average Bonchev–Trinajstić information content (AvgIpc) is 3.18. The van der Waals surface area contributed by atoms with Crippen LogP contribution in [0.4, 0.5) is 4.39 Å². The van der Waals surface area contributed by atoms with Crippen LogP contribution >= 0.6 is 0 Å². The Bertz CT molecular complexity index is 1020. The van der Waals surface area contributed by atoms with Crippen LogP contribution in [0, 0.1) is 12.9 Å². The molecule has 6 nitrogen and oxygen atoms in total. The lowest BCUT2D eigenvalue weighted by Crippen LogP contribution is -2.08. The van der Waals surface area contributed by atoms with Crippen LogP contribution in [0.25, 0.3) is 21.8 Å². The summed E-state index contributed by atoms with van der Waals surface area (Å²) in [7, 11) is 1.63. The minimum atomic E-state index is -0.467. The van der Waals surface area contributed by atoms with Crippen molar-refractivity contribution in [2.24, 2.45) is 0 Å². The molecule has 4 aromatic rings. The molecule has 7 heteroatoms. The van der Waals surface area contributed by atoms with Crippen LogP contribution in [0.1, 0.15) is 5.69 Å². The molecule has 0 amide bonds. The number of methoxy groups -OCH3 is 1. The second kappa shape index (κ2) is 5.59. The normalized spacial score (nSPS) is 11.5. The lowest BCUT2D eigenvalue weighted by Gasteiger charge is -2.09. The summed E-state index contributed by atoms with van der Waals surface area (Å²) in [5.74, 6) is 0.296. The van der Waals surface area contributed by atoms with Crippen molar-refractivity contribution in [1.29, 1.82) is 0 Å². The molecule has 122 valence electrons. The van der Waals surface area contributed by atoms with Gasteiger partial charge < -0.3 is 9.30 Å². The zero-order chi connectivity index (χ0) is 16.7. The van der Waals surface area contributed by atoms with Crippen molar-refractivity contribution in [2.45, 2.75) is 20.0 Å². The summed E-state index contributed by atoms with van der Waals surface area (Å²) < 4.78 is 23.1. The Morgan fingerprint density at radius 3 is 2.79 bits per heavy atom. The standard InChI is InChI=1S/C17H16FN5O/c1-11-17-14(8-16(18)21-11)13-4-3-12(24-2)7-15(13)23(17)6-5-22-10-19-9-20-22/h3-4,7-10H,5-6H2,1-2H3. The van der Waals surface area contributed by atoms with E-state index >= 15 is 0 Å². The minimum Gasteiger partial charge on any atom is -0.497 e. The fourth-order valence-corrected chi connectivity index (χ4v) is 3.17. The molecule has 4 rings (SSSR count). The van der Waals surface area contributed by atoms with Crippen LogP contribution in [-0.4, -0.2) is 31.4 Å². The summed E-state index contributed by atoms with van der Waals surface area (Å²) in [4.78, 5) is 7.96. The first-order valence-corrected chi connectivity index (χ1v) is 7.63. The fraction of sp³-hybridized carbons (Fsp3) is 0.235. The number of fused-ring (bicyclic) bond motifs is 3. The first-order chi connectivity index (χ1) is 11.7. The van der Waals surface area contributed by atoms with E-state index in [2.05, 4.69) is 19.6 Å². The number of ether oxygens (including phenoxy) is 1. The van der Waals surface area contributed by atoms with Gasteiger partial charge in [0.1, 0.15) is 18.4 Å². The SMILES string of the molecule is COc1ccc2c3cc(F)nc(C)c3n(CCn3cncn3)c2c1. The van der Waals surface area contributed by atoms with Crippen LogP contribution < -0.4 is 4.74 Å². The van der Waals surface area contributed by atoms with Crippen molar-refractivity contribution in [2.75, 3.05) is 7.11 Å². The van der Waals surface area contributed by atoms with Gasteiger partial charge in [-0.1, -0.05) is 0 Å². The molecule has 0 aliphatic rings. The number of aryl methyl sites for hydroxylation is 3. The van der Waals surface area contributed by atoms with E-state index in [1.165, 1.54) is 12.4 Å². The Hall–Kier alpha value is -2.96. The van der Waals surface area contributed by atoms with Gasteiger partial charge in [0.2, 0.25) is 5.95 Å². The van der Waals surface area contributed by atoms with Crippen LogP contribution in [0.2, 0.25) is 0 Å². The number of benzene rings is 1. The number of pyridine rings is 1. The van der Waals surface area contributed by atoms with Gasteiger partial charge in [-0.25, -0.2) is 9.97 Å². The smallest absolute Gasteiger partial charge is 0.213 e. The molecule has 0 unspecified atom stereocenters. The van der Waals surface area contributed by atoms with Gasteiger partial charge in [0.05, 0.1) is 30.4 Å². The van der Waals surface area contributed by atoms with Crippen molar-refractivity contribution in [3.05, 3.63) is 48.6 Å². The molecule has 0 bridgehead atoms. The average molecular weight is 325 g/mol. The third-order valence-corrected chi connectivity index (χ3v) is 4.21. The highest BCUT2D eigenvalue weighted by Crippen LogP contribution is 2.33. The fourth-order valence-electron chi connectivity index (χ4n) is 3.17. The van der Waals surface area contributed by atoms with Crippen LogP contribution in [0.5, 0.6) is 5.75 Å². The summed E-state index contributed by atoms with van der Waals surface area (Å²) in [5.41, 5.74) is 2.58. The van der Waals surface area contributed by atoms with Gasteiger partial charge in [-0.2, -0.15) is 9.49 Å². The van der Waals surface area contributed by atoms with Gasteiger partial charge in [-0.15, -0.1) is 0 Å². The minimum absolute atomic E-state index is 0.467. The number of halogens is 1. The molecule has 0 aliphatic carbocycles. The van der Waals surface area contributed by atoms with E-state index in [1.807, 2.05) is 25.1 Å². The lowest BCUT2D eigenvalue weighted by atomic mass is 10.1. The molecular weight excluding hydrogens is 309 g/mol. The summed E-state index contributed by atoms with van der Waals surface area (Å²) >= 11 is 0. The van der Waals surface area contributed by atoms with Gasteiger partial charge in [0.25, 0.3) is 0 Å². The van der Waals surface area contributed by atoms with Crippen molar-refractivity contribution < 1.29 is 9.13 Å². The van der Waals surface area contributed by atoms with Gasteiger partial charge in [-0.05, 0) is 19.1 Å². The quantitative estimate of drug-likeness (QED) is 0.541. The van der Waals surface area contributed by atoms with Gasteiger partial charge >= 0.3 is 0 Å². The Morgan fingerprint density at radius 2 is 2.04 bits per heavy atom. The van der Waals surface area contributed by atoms with Crippen molar-refractivity contribution in [3.63, 3.8) is 0 Å². The Balaban J connectivity index is 1.95. The Labute approximate surface area is 137 Å². The van der Waals surface area contributed by atoms with E-state index in [1.54, 1.807) is 18.1 Å². The monoisotopic (exact) mass is 325 g/mol. The van der Waals surface area contributed by atoms with Crippen LogP contribution in [-0.2, 0) is 13.1 Å². The highest BCUT2D eigenvalue weighted by Gasteiger charge is 2.15. The van der Waals surface area contributed by atoms with Crippen molar-refractivity contribution in [3.8, 4) is 5.75 Å². The molecule has 0 N–H and O–H groups in total. The molecular formula is C17H16FN5O. The van der Waals surface area contributed by atoms with E-state index in [0.29, 0.717) is 18.8 Å². The lowest BCUT2D eigenvalue weighted by molar-refractivity contribution is 0.415. The Kier molecular flexibility index (Phi) is 3.41. The van der Waals surface area contributed by atoms with Crippen molar-refractivity contribution in [1.82, 2.24) is 24.3 Å². The highest BCUT2D eigenvalue weighted by molar-refractivity contribution is 6.09. The first kappa shape index (κ1) is 14.6. The third-order valence-electron chi connectivity index (χ3n) is 4.21. The predicted octanol–water partition coefficient (Wildman–Crippen LogP) is 2.94. The second-order valence-electron chi connectivity index (χ2n) is 5.62. The number of aromatic nitrogens is 5. The maximum atomic E-state index is 13.8. The number of rotatable bonds is 4. The summed E-state index contributed by atoms with van der Waals surface area (Å²) in [6.07, 6.45) is 3.19. The first-order valence-electron chi connectivity index (χ1n) is 7.63. The van der Waals surface area contributed by atoms with E-state index in [0.717, 1.165) is 27.6 Å². The molecule has 0 saturated heterocycles. The summed E-state index contributed by atoms with van der Waals surface area (Å²) in [5, 5.41) is 5.98. The van der Waals surface area contributed by atoms with Gasteiger partial charge in [0, 0.05) is 29.4 Å². The summed E-state index contributed by atoms with van der Waals surface area (Å²) in [6, 6.07) is 7.30. The molecule has 0 radical (unpaired) electrons. The predicted molar refractivity (Wildman–Crippen MR) is 88.5 cm³/mol. The molecule has 1 aromatic carbocycles. The van der Waals surface area contributed by atoms with E-state index in [4.69, 9.17) is 4.74 Å². The van der Waals surface area contributed by atoms with Crippen LogP contribution in [0.15, 0.2) is 36.9 Å². The van der Waals surface area contributed by atoms with Gasteiger partial charge in [-0.3, -0.25) is 4.68 Å². The molecule has 0 saturated carbocycles. The maximum absolute atomic E-state index is 13.8.